The summed E-state index contributed by atoms with van der Waals surface area (Å²) in [6, 6.07) is 3.72. The van der Waals surface area contributed by atoms with Crippen molar-refractivity contribution >= 4 is 21.4 Å². The molecule has 1 saturated heterocycles. The standard InChI is InChI=1S/C14H20N4O2S2/c1-11(2)14-16-15-10-18(14)12-5-7-17(8-6-12)22(19,20)13-4-3-9-21-13/h3-4,9-12H,5-8H2,1-2H3. The van der Waals surface area contributed by atoms with Gasteiger partial charge in [-0.05, 0) is 24.3 Å². The first-order valence-electron chi connectivity index (χ1n) is 7.43. The fourth-order valence-corrected chi connectivity index (χ4v) is 5.46. The zero-order valence-corrected chi connectivity index (χ0v) is 14.3. The number of hydrogen-bond donors (Lipinski definition) is 0. The summed E-state index contributed by atoms with van der Waals surface area (Å²) in [5, 5.41) is 9.99. The topological polar surface area (TPSA) is 68.1 Å². The highest BCUT2D eigenvalue weighted by atomic mass is 32.2. The lowest BCUT2D eigenvalue weighted by Crippen LogP contribution is -2.38. The second-order valence-electron chi connectivity index (χ2n) is 5.82. The molecule has 6 nitrogen and oxygen atoms in total. The molecule has 0 aromatic carbocycles. The Kier molecular flexibility index (Phi) is 4.33. The van der Waals surface area contributed by atoms with Crippen LogP contribution >= 0.6 is 11.3 Å². The summed E-state index contributed by atoms with van der Waals surface area (Å²) in [4.78, 5) is 0. The number of aromatic nitrogens is 3. The Morgan fingerprint density at radius 1 is 1.32 bits per heavy atom. The molecule has 1 fully saturated rings. The van der Waals surface area contributed by atoms with E-state index in [2.05, 4.69) is 28.6 Å². The first-order valence-corrected chi connectivity index (χ1v) is 9.75. The molecular weight excluding hydrogens is 320 g/mol. The van der Waals surface area contributed by atoms with Crippen LogP contribution < -0.4 is 0 Å². The minimum atomic E-state index is -3.33. The maximum atomic E-state index is 12.5. The summed E-state index contributed by atoms with van der Waals surface area (Å²) >= 11 is 1.27. The number of nitrogens with zero attached hydrogens (tertiary/aromatic N) is 4. The third-order valence-electron chi connectivity index (χ3n) is 4.02. The maximum absolute atomic E-state index is 12.5. The van der Waals surface area contributed by atoms with Crippen molar-refractivity contribution in [3.8, 4) is 0 Å². The van der Waals surface area contributed by atoms with Gasteiger partial charge in [0.05, 0.1) is 0 Å². The van der Waals surface area contributed by atoms with Crippen molar-refractivity contribution in [1.29, 1.82) is 0 Å². The molecule has 2 aromatic heterocycles. The van der Waals surface area contributed by atoms with E-state index in [1.807, 2.05) is 0 Å². The molecule has 0 radical (unpaired) electrons. The van der Waals surface area contributed by atoms with E-state index in [0.29, 0.717) is 23.2 Å². The first-order chi connectivity index (χ1) is 10.5. The summed E-state index contributed by atoms with van der Waals surface area (Å²) in [5.74, 6) is 1.29. The van der Waals surface area contributed by atoms with Crippen molar-refractivity contribution in [1.82, 2.24) is 19.1 Å². The summed E-state index contributed by atoms with van der Waals surface area (Å²) in [7, 11) is -3.33. The van der Waals surface area contributed by atoms with Crippen molar-refractivity contribution in [3.05, 3.63) is 29.7 Å². The normalized spacial score (nSPS) is 18.1. The van der Waals surface area contributed by atoms with E-state index in [4.69, 9.17) is 0 Å². The van der Waals surface area contributed by atoms with E-state index >= 15 is 0 Å². The van der Waals surface area contributed by atoms with Crippen LogP contribution in [0, 0.1) is 0 Å². The third-order valence-corrected chi connectivity index (χ3v) is 7.29. The maximum Gasteiger partial charge on any atom is 0.252 e. The molecule has 0 unspecified atom stereocenters. The average Bonchev–Trinajstić information content (AvgIpc) is 3.19. The van der Waals surface area contributed by atoms with Gasteiger partial charge in [-0.1, -0.05) is 19.9 Å². The van der Waals surface area contributed by atoms with Gasteiger partial charge < -0.3 is 4.57 Å². The van der Waals surface area contributed by atoms with E-state index in [1.54, 1.807) is 28.1 Å². The van der Waals surface area contributed by atoms with Crippen LogP contribution in [0.5, 0.6) is 0 Å². The molecule has 2 aromatic rings. The fourth-order valence-electron chi connectivity index (χ4n) is 2.84. The largest absolute Gasteiger partial charge is 0.314 e. The molecule has 22 heavy (non-hydrogen) atoms. The highest BCUT2D eigenvalue weighted by molar-refractivity contribution is 7.91. The summed E-state index contributed by atoms with van der Waals surface area (Å²) in [6.45, 7) is 5.27. The van der Waals surface area contributed by atoms with Crippen molar-refractivity contribution in [2.45, 2.75) is 42.9 Å². The number of hydrogen-bond acceptors (Lipinski definition) is 5. The van der Waals surface area contributed by atoms with Gasteiger partial charge in [0.15, 0.2) is 0 Å². The van der Waals surface area contributed by atoms with E-state index in [1.165, 1.54) is 11.3 Å². The molecule has 1 aliphatic rings. The summed E-state index contributed by atoms with van der Waals surface area (Å²) in [5.41, 5.74) is 0. The first kappa shape index (κ1) is 15.6. The summed E-state index contributed by atoms with van der Waals surface area (Å²) < 4.78 is 29.2. The molecule has 120 valence electrons. The van der Waals surface area contributed by atoms with Gasteiger partial charge in [0.25, 0.3) is 10.0 Å². The molecule has 3 heterocycles. The third kappa shape index (κ3) is 2.82. The lowest BCUT2D eigenvalue weighted by Gasteiger charge is -2.32. The second kappa shape index (κ2) is 6.10. The number of thiophene rings is 1. The molecule has 8 heteroatoms. The Balaban J connectivity index is 1.72. The lowest BCUT2D eigenvalue weighted by molar-refractivity contribution is 0.269. The van der Waals surface area contributed by atoms with Gasteiger partial charge in [-0.15, -0.1) is 21.5 Å². The smallest absolute Gasteiger partial charge is 0.252 e. The minimum absolute atomic E-state index is 0.280. The van der Waals surface area contributed by atoms with Gasteiger partial charge >= 0.3 is 0 Å². The van der Waals surface area contributed by atoms with Crippen LogP contribution in [0.4, 0.5) is 0 Å². The minimum Gasteiger partial charge on any atom is -0.314 e. The molecule has 0 saturated carbocycles. The lowest BCUT2D eigenvalue weighted by atomic mass is 10.1. The quantitative estimate of drug-likeness (QED) is 0.857. The number of sulfonamides is 1. The van der Waals surface area contributed by atoms with Gasteiger partial charge in [-0.2, -0.15) is 4.31 Å². The predicted molar refractivity (Wildman–Crippen MR) is 85.5 cm³/mol. The Morgan fingerprint density at radius 2 is 2.05 bits per heavy atom. The van der Waals surface area contributed by atoms with Crippen molar-refractivity contribution in [2.75, 3.05) is 13.1 Å². The van der Waals surface area contributed by atoms with Crippen LogP contribution in [0.25, 0.3) is 0 Å². The van der Waals surface area contributed by atoms with Gasteiger partial charge in [0, 0.05) is 25.0 Å². The Hall–Kier alpha value is -1.25. The van der Waals surface area contributed by atoms with Crippen LogP contribution in [-0.4, -0.2) is 40.6 Å². The van der Waals surface area contributed by atoms with Crippen LogP contribution in [0.15, 0.2) is 28.0 Å². The van der Waals surface area contributed by atoms with Gasteiger partial charge in [0.2, 0.25) is 0 Å². The monoisotopic (exact) mass is 340 g/mol. The molecule has 0 amide bonds. The Bertz CT molecular complexity index is 714. The highest BCUT2D eigenvalue weighted by Gasteiger charge is 2.31. The second-order valence-corrected chi connectivity index (χ2v) is 8.93. The molecule has 1 aliphatic heterocycles. The SMILES string of the molecule is CC(C)c1nncn1C1CCN(S(=O)(=O)c2cccs2)CC1. The molecular formula is C14H20N4O2S2. The van der Waals surface area contributed by atoms with Crippen LogP contribution in [-0.2, 0) is 10.0 Å². The molecule has 0 atom stereocenters. The molecule has 0 bridgehead atoms. The van der Waals surface area contributed by atoms with E-state index in [9.17, 15) is 8.42 Å². The van der Waals surface area contributed by atoms with Crippen LogP contribution in [0.2, 0.25) is 0 Å². The molecule has 0 N–H and O–H groups in total. The molecule has 0 aliphatic carbocycles. The highest BCUT2D eigenvalue weighted by Crippen LogP contribution is 2.30. The van der Waals surface area contributed by atoms with Crippen LogP contribution in [0.3, 0.4) is 0 Å². The molecule has 3 rings (SSSR count). The Labute approximate surface area is 134 Å². The van der Waals surface area contributed by atoms with Crippen LogP contribution in [0.1, 0.15) is 44.5 Å². The predicted octanol–water partition coefficient (Wildman–Crippen LogP) is 2.49. The average molecular weight is 340 g/mol. The van der Waals surface area contributed by atoms with E-state index in [-0.39, 0.29) is 6.04 Å². The van der Waals surface area contributed by atoms with Crippen molar-refractivity contribution in [2.24, 2.45) is 0 Å². The Morgan fingerprint density at radius 3 is 2.64 bits per heavy atom. The summed E-state index contributed by atoms with van der Waals surface area (Å²) in [6.07, 6.45) is 3.36. The zero-order chi connectivity index (χ0) is 15.7. The zero-order valence-electron chi connectivity index (χ0n) is 12.7. The van der Waals surface area contributed by atoms with E-state index in [0.717, 1.165) is 18.7 Å². The van der Waals surface area contributed by atoms with E-state index < -0.39 is 10.0 Å². The number of piperidine rings is 1. The fraction of sp³-hybridized carbons (Fsp3) is 0.571. The van der Waals surface area contributed by atoms with Crippen molar-refractivity contribution in [3.63, 3.8) is 0 Å². The van der Waals surface area contributed by atoms with Crippen molar-refractivity contribution < 1.29 is 8.42 Å². The molecule has 0 spiro atoms. The van der Waals surface area contributed by atoms with Gasteiger partial charge in [-0.25, -0.2) is 8.42 Å². The number of rotatable bonds is 4. The van der Waals surface area contributed by atoms with Gasteiger partial charge in [0.1, 0.15) is 16.4 Å². The van der Waals surface area contributed by atoms with Gasteiger partial charge in [-0.3, -0.25) is 0 Å².